The molecule has 5 N–H and O–H groups in total. The Hall–Kier alpha value is -0.610. The summed E-state index contributed by atoms with van der Waals surface area (Å²) >= 11 is 0. The van der Waals surface area contributed by atoms with Crippen molar-refractivity contribution in [3.63, 3.8) is 0 Å². The van der Waals surface area contributed by atoms with Gasteiger partial charge in [0.25, 0.3) is 0 Å². The average Bonchev–Trinajstić information content (AvgIpc) is 2.12. The van der Waals surface area contributed by atoms with Gasteiger partial charge in [-0.1, -0.05) is 13.8 Å². The van der Waals surface area contributed by atoms with Crippen LogP contribution in [0.1, 0.15) is 40.5 Å². The molecular weight excluding hydrogens is 178 g/mol. The summed E-state index contributed by atoms with van der Waals surface area (Å²) in [4.78, 5) is 11.5. The van der Waals surface area contributed by atoms with Crippen LogP contribution in [-0.2, 0) is 4.79 Å². The Morgan fingerprint density at radius 2 is 1.64 bits per heavy atom. The third-order valence-electron chi connectivity index (χ3n) is 2.59. The molecule has 0 unspecified atom stereocenters. The quantitative estimate of drug-likeness (QED) is 0.600. The van der Waals surface area contributed by atoms with Gasteiger partial charge in [0, 0.05) is 12.1 Å². The lowest BCUT2D eigenvalue weighted by atomic mass is 9.94. The second-order valence-corrected chi connectivity index (χ2v) is 4.47. The highest BCUT2D eigenvalue weighted by atomic mass is 16.2. The average molecular weight is 201 g/mol. The maximum absolute atomic E-state index is 11.5. The van der Waals surface area contributed by atoms with Crippen LogP contribution in [0.5, 0.6) is 0 Å². The molecule has 0 aliphatic heterocycles. The molecule has 0 radical (unpaired) electrons. The zero-order valence-corrected chi connectivity index (χ0v) is 9.68. The molecule has 0 aliphatic carbocycles. The van der Waals surface area contributed by atoms with Gasteiger partial charge in [-0.15, -0.1) is 0 Å². The van der Waals surface area contributed by atoms with Crippen molar-refractivity contribution in [2.24, 2.45) is 11.5 Å². The van der Waals surface area contributed by atoms with Crippen LogP contribution in [0.4, 0.5) is 0 Å². The van der Waals surface area contributed by atoms with Crippen LogP contribution in [0.25, 0.3) is 0 Å². The minimum atomic E-state index is -0.831. The summed E-state index contributed by atoms with van der Waals surface area (Å²) < 4.78 is 0. The van der Waals surface area contributed by atoms with Crippen molar-refractivity contribution >= 4 is 5.91 Å². The fourth-order valence-corrected chi connectivity index (χ4v) is 0.984. The monoisotopic (exact) mass is 201 g/mol. The molecule has 84 valence electrons. The minimum Gasteiger partial charge on any atom is -0.353 e. The van der Waals surface area contributed by atoms with Crippen molar-refractivity contribution in [1.29, 1.82) is 0 Å². The standard InChI is InChI=1S/C10H23N3O/c1-5-10(12,6-2)7-13-8(14)9(3,4)11/h5-7,11-12H2,1-4H3,(H,13,14). The van der Waals surface area contributed by atoms with E-state index in [1.807, 2.05) is 13.8 Å². The Labute approximate surface area is 86.4 Å². The maximum atomic E-state index is 11.5. The highest BCUT2D eigenvalue weighted by molar-refractivity contribution is 5.85. The topological polar surface area (TPSA) is 81.1 Å². The number of carbonyl (C=O) groups is 1. The number of carbonyl (C=O) groups excluding carboxylic acids is 1. The molecular formula is C10H23N3O. The van der Waals surface area contributed by atoms with Gasteiger partial charge in [-0.2, -0.15) is 0 Å². The molecule has 0 saturated heterocycles. The summed E-state index contributed by atoms with van der Waals surface area (Å²) in [5.74, 6) is -0.158. The van der Waals surface area contributed by atoms with E-state index < -0.39 is 5.54 Å². The van der Waals surface area contributed by atoms with Gasteiger partial charge in [-0.3, -0.25) is 4.79 Å². The second kappa shape index (κ2) is 4.75. The Kier molecular flexibility index (Phi) is 4.55. The van der Waals surface area contributed by atoms with Gasteiger partial charge >= 0.3 is 0 Å². The molecule has 0 aromatic rings. The number of hydrogen-bond acceptors (Lipinski definition) is 3. The van der Waals surface area contributed by atoms with E-state index in [4.69, 9.17) is 11.5 Å². The lowest BCUT2D eigenvalue weighted by Gasteiger charge is -2.28. The van der Waals surface area contributed by atoms with Gasteiger partial charge in [0.2, 0.25) is 5.91 Å². The highest BCUT2D eigenvalue weighted by Gasteiger charge is 2.26. The molecule has 0 atom stereocenters. The fraction of sp³-hybridized carbons (Fsp3) is 0.900. The van der Waals surface area contributed by atoms with Crippen LogP contribution in [0.15, 0.2) is 0 Å². The van der Waals surface area contributed by atoms with E-state index in [0.29, 0.717) is 6.54 Å². The first kappa shape index (κ1) is 13.4. The summed E-state index contributed by atoms with van der Waals surface area (Å²) in [6, 6.07) is 0. The van der Waals surface area contributed by atoms with Crippen molar-refractivity contribution in [2.45, 2.75) is 51.6 Å². The van der Waals surface area contributed by atoms with E-state index in [0.717, 1.165) is 12.8 Å². The summed E-state index contributed by atoms with van der Waals surface area (Å²) in [6.07, 6.45) is 1.68. The first-order valence-corrected chi connectivity index (χ1v) is 5.11. The van der Waals surface area contributed by atoms with E-state index in [1.165, 1.54) is 0 Å². The Balaban J connectivity index is 4.12. The largest absolute Gasteiger partial charge is 0.353 e. The zero-order valence-electron chi connectivity index (χ0n) is 9.68. The number of amides is 1. The van der Waals surface area contributed by atoms with Gasteiger partial charge < -0.3 is 16.8 Å². The smallest absolute Gasteiger partial charge is 0.239 e. The molecule has 4 heteroatoms. The third kappa shape index (κ3) is 4.07. The van der Waals surface area contributed by atoms with Crippen LogP contribution in [0.2, 0.25) is 0 Å². The summed E-state index contributed by atoms with van der Waals surface area (Å²) in [6.45, 7) is 7.88. The molecule has 0 fully saturated rings. The molecule has 1 amide bonds. The van der Waals surface area contributed by atoms with Crippen LogP contribution in [0.3, 0.4) is 0 Å². The SMILES string of the molecule is CCC(N)(CC)CNC(=O)C(C)(C)N. The van der Waals surface area contributed by atoms with Crippen LogP contribution in [0, 0.1) is 0 Å². The second-order valence-electron chi connectivity index (χ2n) is 4.47. The van der Waals surface area contributed by atoms with Crippen molar-refractivity contribution in [2.75, 3.05) is 6.54 Å². The van der Waals surface area contributed by atoms with Gasteiger partial charge in [0.1, 0.15) is 0 Å². The molecule has 14 heavy (non-hydrogen) atoms. The van der Waals surface area contributed by atoms with Crippen LogP contribution >= 0.6 is 0 Å². The summed E-state index contributed by atoms with van der Waals surface area (Å²) in [5, 5.41) is 2.78. The molecule has 0 aliphatic rings. The molecule has 0 rings (SSSR count). The van der Waals surface area contributed by atoms with Gasteiger partial charge in [-0.05, 0) is 26.7 Å². The lowest BCUT2D eigenvalue weighted by molar-refractivity contribution is -0.125. The molecule has 0 spiro atoms. The minimum absolute atomic E-state index is 0.158. The van der Waals surface area contributed by atoms with Crippen molar-refractivity contribution in [3.05, 3.63) is 0 Å². The Morgan fingerprint density at radius 3 is 1.93 bits per heavy atom. The molecule has 0 bridgehead atoms. The Morgan fingerprint density at radius 1 is 1.21 bits per heavy atom. The van der Waals surface area contributed by atoms with Gasteiger partial charge in [0.15, 0.2) is 0 Å². The first-order valence-electron chi connectivity index (χ1n) is 5.11. The lowest BCUT2D eigenvalue weighted by Crippen LogP contribution is -2.55. The van der Waals surface area contributed by atoms with Crippen LogP contribution < -0.4 is 16.8 Å². The molecule has 0 aromatic heterocycles. The molecule has 0 heterocycles. The number of nitrogens with two attached hydrogens (primary N) is 2. The summed E-state index contributed by atoms with van der Waals surface area (Å²) in [5.41, 5.74) is 10.5. The first-order chi connectivity index (χ1) is 6.25. The van der Waals surface area contributed by atoms with E-state index in [1.54, 1.807) is 13.8 Å². The van der Waals surface area contributed by atoms with Gasteiger partial charge in [-0.25, -0.2) is 0 Å². The molecule has 0 saturated carbocycles. The zero-order chi connectivity index (χ0) is 11.4. The number of nitrogens with one attached hydrogen (secondary N) is 1. The molecule has 0 aromatic carbocycles. The number of hydrogen-bond donors (Lipinski definition) is 3. The predicted molar refractivity (Wildman–Crippen MR) is 58.8 cm³/mol. The van der Waals surface area contributed by atoms with E-state index in [-0.39, 0.29) is 11.4 Å². The van der Waals surface area contributed by atoms with E-state index >= 15 is 0 Å². The molecule has 4 nitrogen and oxygen atoms in total. The van der Waals surface area contributed by atoms with Crippen molar-refractivity contribution in [1.82, 2.24) is 5.32 Å². The van der Waals surface area contributed by atoms with Gasteiger partial charge in [0.05, 0.1) is 5.54 Å². The van der Waals surface area contributed by atoms with Crippen LogP contribution in [-0.4, -0.2) is 23.5 Å². The summed E-state index contributed by atoms with van der Waals surface area (Å²) in [7, 11) is 0. The van der Waals surface area contributed by atoms with Crippen molar-refractivity contribution < 1.29 is 4.79 Å². The maximum Gasteiger partial charge on any atom is 0.239 e. The highest BCUT2D eigenvalue weighted by Crippen LogP contribution is 2.09. The normalized spacial score (nSPS) is 12.7. The predicted octanol–water partition coefficient (Wildman–Crippen LogP) is 0.357. The third-order valence-corrected chi connectivity index (χ3v) is 2.59. The Bertz CT molecular complexity index is 192. The fourth-order valence-electron chi connectivity index (χ4n) is 0.984. The van der Waals surface area contributed by atoms with E-state index in [9.17, 15) is 4.79 Å². The van der Waals surface area contributed by atoms with E-state index in [2.05, 4.69) is 5.32 Å². The van der Waals surface area contributed by atoms with Crippen molar-refractivity contribution in [3.8, 4) is 0 Å². The number of rotatable bonds is 5.